The number of ether oxygens (including phenoxy) is 1. The van der Waals surface area contributed by atoms with Gasteiger partial charge in [-0.25, -0.2) is 4.98 Å². The second-order valence-electron chi connectivity index (χ2n) is 6.03. The van der Waals surface area contributed by atoms with Gasteiger partial charge in [-0.3, -0.25) is 0 Å². The molecule has 0 saturated carbocycles. The van der Waals surface area contributed by atoms with Crippen molar-refractivity contribution >= 4 is 11.6 Å². The summed E-state index contributed by atoms with van der Waals surface area (Å²) in [5.41, 5.74) is 3.17. The van der Waals surface area contributed by atoms with Crippen LogP contribution in [0.2, 0.25) is 0 Å². The predicted octanol–water partition coefficient (Wildman–Crippen LogP) is 3.62. The van der Waals surface area contributed by atoms with E-state index in [2.05, 4.69) is 38.6 Å². The maximum atomic E-state index is 5.90. The van der Waals surface area contributed by atoms with Crippen LogP contribution < -0.4 is 10.1 Å². The van der Waals surface area contributed by atoms with Gasteiger partial charge < -0.3 is 10.1 Å². The number of rotatable bonds is 6. The number of nitrogens with one attached hydrogen (secondary N) is 1. The summed E-state index contributed by atoms with van der Waals surface area (Å²) in [6.45, 7) is 3.15. The zero-order valence-corrected chi connectivity index (χ0v) is 14.5. The first-order valence-corrected chi connectivity index (χ1v) is 8.45. The van der Waals surface area contributed by atoms with Crippen LogP contribution in [0.5, 0.6) is 5.75 Å². The van der Waals surface area contributed by atoms with Crippen LogP contribution in [0.25, 0.3) is 5.78 Å². The molecular weight excluding hydrogens is 326 g/mol. The Morgan fingerprint density at radius 3 is 2.73 bits per heavy atom. The number of benzene rings is 2. The highest BCUT2D eigenvalue weighted by atomic mass is 16.5. The minimum atomic E-state index is 0.556. The third kappa shape index (κ3) is 3.64. The van der Waals surface area contributed by atoms with Crippen LogP contribution in [0.1, 0.15) is 16.8 Å². The van der Waals surface area contributed by atoms with Crippen molar-refractivity contribution in [2.45, 2.75) is 20.1 Å². The number of aryl methyl sites for hydroxylation is 1. The fraction of sp³-hybridized carbons (Fsp3) is 0.150. The molecule has 6 heteroatoms. The van der Waals surface area contributed by atoms with E-state index in [0.29, 0.717) is 18.9 Å². The summed E-state index contributed by atoms with van der Waals surface area (Å²) in [6, 6.07) is 20.2. The third-order valence-corrected chi connectivity index (χ3v) is 4.00. The van der Waals surface area contributed by atoms with Crippen molar-refractivity contribution in [2.24, 2.45) is 0 Å². The molecule has 0 saturated heterocycles. The van der Waals surface area contributed by atoms with Gasteiger partial charge in [0.2, 0.25) is 0 Å². The highest BCUT2D eigenvalue weighted by Gasteiger charge is 2.05. The Morgan fingerprint density at radius 1 is 1.00 bits per heavy atom. The molecule has 2 aromatic heterocycles. The van der Waals surface area contributed by atoms with Gasteiger partial charge in [-0.1, -0.05) is 42.5 Å². The molecule has 0 radical (unpaired) electrons. The molecule has 4 aromatic rings. The lowest BCUT2D eigenvalue weighted by Gasteiger charge is -2.11. The molecule has 2 heterocycles. The van der Waals surface area contributed by atoms with Gasteiger partial charge in [-0.15, -0.1) is 0 Å². The Hall–Kier alpha value is -3.41. The van der Waals surface area contributed by atoms with Gasteiger partial charge in [-0.05, 0) is 30.2 Å². The van der Waals surface area contributed by atoms with Crippen molar-refractivity contribution in [3.05, 3.63) is 83.8 Å². The molecule has 0 aliphatic rings. The first kappa shape index (κ1) is 16.1. The van der Waals surface area contributed by atoms with Crippen LogP contribution in [0.3, 0.4) is 0 Å². The van der Waals surface area contributed by atoms with E-state index in [1.807, 2.05) is 49.4 Å². The van der Waals surface area contributed by atoms with E-state index in [0.717, 1.165) is 28.4 Å². The van der Waals surface area contributed by atoms with Crippen LogP contribution in [-0.4, -0.2) is 19.6 Å². The van der Waals surface area contributed by atoms with Crippen molar-refractivity contribution < 1.29 is 4.74 Å². The van der Waals surface area contributed by atoms with Crippen molar-refractivity contribution in [3.8, 4) is 5.75 Å². The Balaban J connectivity index is 1.44. The molecular formula is C20H19N5O. The first-order chi connectivity index (χ1) is 12.8. The van der Waals surface area contributed by atoms with Crippen LogP contribution in [0.15, 0.2) is 67.0 Å². The van der Waals surface area contributed by atoms with Crippen LogP contribution >= 0.6 is 0 Å². The summed E-state index contributed by atoms with van der Waals surface area (Å²) >= 11 is 0. The summed E-state index contributed by atoms with van der Waals surface area (Å²) < 4.78 is 7.59. The van der Waals surface area contributed by atoms with Gasteiger partial charge in [0.1, 0.15) is 24.5 Å². The standard InChI is InChI=1S/C20H19N5O/c1-15-10-19(25-20(24-15)22-14-23-25)21-12-17-8-5-9-18(11-17)26-13-16-6-3-2-4-7-16/h2-11,14,21H,12-13H2,1H3. The Kier molecular flexibility index (Phi) is 4.47. The largest absolute Gasteiger partial charge is 0.489 e. The number of fused-ring (bicyclic) bond motifs is 1. The minimum absolute atomic E-state index is 0.556. The molecule has 0 aliphatic heterocycles. The van der Waals surface area contributed by atoms with E-state index < -0.39 is 0 Å². The molecule has 130 valence electrons. The Labute approximate surface area is 151 Å². The van der Waals surface area contributed by atoms with E-state index in [1.165, 1.54) is 6.33 Å². The van der Waals surface area contributed by atoms with E-state index in [1.54, 1.807) is 4.52 Å². The monoisotopic (exact) mass is 345 g/mol. The minimum Gasteiger partial charge on any atom is -0.489 e. The molecule has 26 heavy (non-hydrogen) atoms. The molecule has 4 rings (SSSR count). The topological polar surface area (TPSA) is 64.3 Å². The fourth-order valence-electron chi connectivity index (χ4n) is 2.74. The van der Waals surface area contributed by atoms with Gasteiger partial charge in [0.25, 0.3) is 5.78 Å². The molecule has 1 N–H and O–H groups in total. The lowest BCUT2D eigenvalue weighted by molar-refractivity contribution is 0.306. The quantitative estimate of drug-likeness (QED) is 0.578. The molecule has 0 atom stereocenters. The number of anilines is 1. The van der Waals surface area contributed by atoms with Gasteiger partial charge in [0.05, 0.1) is 0 Å². The summed E-state index contributed by atoms with van der Waals surface area (Å²) in [7, 11) is 0. The van der Waals surface area contributed by atoms with Crippen LogP contribution in [0, 0.1) is 6.92 Å². The number of aromatic nitrogens is 4. The summed E-state index contributed by atoms with van der Waals surface area (Å²) in [5, 5.41) is 7.61. The lowest BCUT2D eigenvalue weighted by atomic mass is 10.2. The number of hydrogen-bond acceptors (Lipinski definition) is 5. The maximum Gasteiger partial charge on any atom is 0.254 e. The zero-order chi connectivity index (χ0) is 17.8. The van der Waals surface area contributed by atoms with Crippen LogP contribution in [0.4, 0.5) is 5.82 Å². The van der Waals surface area contributed by atoms with Crippen LogP contribution in [-0.2, 0) is 13.2 Å². The summed E-state index contributed by atoms with van der Waals surface area (Å²) in [5.74, 6) is 2.30. The molecule has 0 bridgehead atoms. The summed E-state index contributed by atoms with van der Waals surface area (Å²) in [4.78, 5) is 8.49. The third-order valence-electron chi connectivity index (χ3n) is 4.00. The number of nitrogens with zero attached hydrogens (tertiary/aromatic N) is 4. The van der Waals surface area contributed by atoms with E-state index in [-0.39, 0.29) is 0 Å². The predicted molar refractivity (Wildman–Crippen MR) is 100 cm³/mol. The average molecular weight is 345 g/mol. The number of hydrogen-bond donors (Lipinski definition) is 1. The Morgan fingerprint density at radius 2 is 1.85 bits per heavy atom. The molecule has 0 unspecified atom stereocenters. The highest BCUT2D eigenvalue weighted by Crippen LogP contribution is 2.17. The molecule has 2 aromatic carbocycles. The molecule has 6 nitrogen and oxygen atoms in total. The molecule has 0 amide bonds. The van der Waals surface area contributed by atoms with Crippen molar-refractivity contribution in [2.75, 3.05) is 5.32 Å². The summed E-state index contributed by atoms with van der Waals surface area (Å²) in [6.07, 6.45) is 1.50. The average Bonchev–Trinajstić information content (AvgIpc) is 3.14. The van der Waals surface area contributed by atoms with Crippen molar-refractivity contribution in [1.82, 2.24) is 19.6 Å². The SMILES string of the molecule is Cc1cc(NCc2cccc(OCc3ccccc3)c2)n2ncnc2n1. The smallest absolute Gasteiger partial charge is 0.254 e. The van der Waals surface area contributed by atoms with Gasteiger partial charge in [-0.2, -0.15) is 14.6 Å². The normalized spacial score (nSPS) is 10.8. The van der Waals surface area contributed by atoms with Crippen molar-refractivity contribution in [1.29, 1.82) is 0 Å². The first-order valence-electron chi connectivity index (χ1n) is 8.45. The Bertz CT molecular complexity index is 1010. The molecule has 0 fully saturated rings. The van der Waals surface area contributed by atoms with Gasteiger partial charge in [0, 0.05) is 18.3 Å². The zero-order valence-electron chi connectivity index (χ0n) is 14.5. The van der Waals surface area contributed by atoms with E-state index in [9.17, 15) is 0 Å². The van der Waals surface area contributed by atoms with Gasteiger partial charge in [0.15, 0.2) is 0 Å². The molecule has 0 aliphatic carbocycles. The second-order valence-corrected chi connectivity index (χ2v) is 6.03. The second kappa shape index (κ2) is 7.23. The van der Waals surface area contributed by atoms with E-state index in [4.69, 9.17) is 4.74 Å². The lowest BCUT2D eigenvalue weighted by Crippen LogP contribution is -2.07. The van der Waals surface area contributed by atoms with Crippen molar-refractivity contribution in [3.63, 3.8) is 0 Å². The maximum absolute atomic E-state index is 5.90. The highest BCUT2D eigenvalue weighted by molar-refractivity contribution is 5.45. The van der Waals surface area contributed by atoms with E-state index >= 15 is 0 Å². The van der Waals surface area contributed by atoms with Gasteiger partial charge >= 0.3 is 0 Å². The molecule has 0 spiro atoms. The fourth-order valence-corrected chi connectivity index (χ4v) is 2.74.